The van der Waals surface area contributed by atoms with Crippen LogP contribution < -0.4 is 11.1 Å². The van der Waals surface area contributed by atoms with Gasteiger partial charge in [0.05, 0.1) is 22.3 Å². The molecule has 0 aliphatic carbocycles. The molecule has 2 unspecified atom stereocenters. The van der Waals surface area contributed by atoms with E-state index in [9.17, 15) is 4.79 Å². The maximum atomic E-state index is 12.3. The van der Waals surface area contributed by atoms with Crippen molar-refractivity contribution in [3.8, 4) is 0 Å². The number of halogens is 3. The monoisotopic (exact) mass is 363 g/mol. The van der Waals surface area contributed by atoms with Gasteiger partial charge in [-0.25, -0.2) is 0 Å². The van der Waals surface area contributed by atoms with Crippen LogP contribution >= 0.6 is 34.8 Å². The number of benzene rings is 1. The van der Waals surface area contributed by atoms with Gasteiger partial charge in [-0.05, 0) is 38.4 Å². The zero-order valence-corrected chi connectivity index (χ0v) is 14.7. The Morgan fingerprint density at radius 3 is 2.59 bits per heavy atom. The van der Waals surface area contributed by atoms with E-state index in [0.29, 0.717) is 20.8 Å². The molecule has 0 bridgehead atoms. The third kappa shape index (κ3) is 4.49. The van der Waals surface area contributed by atoms with E-state index >= 15 is 0 Å². The molecule has 0 radical (unpaired) electrons. The highest BCUT2D eigenvalue weighted by Gasteiger charge is 2.27. The fourth-order valence-electron chi connectivity index (χ4n) is 2.83. The van der Waals surface area contributed by atoms with Crippen LogP contribution in [0.25, 0.3) is 0 Å². The molecule has 0 saturated carbocycles. The summed E-state index contributed by atoms with van der Waals surface area (Å²) in [6.07, 6.45) is 3.26. The highest BCUT2D eigenvalue weighted by atomic mass is 35.5. The molecule has 1 heterocycles. The summed E-state index contributed by atoms with van der Waals surface area (Å²) in [6.45, 7) is 3.14. The Labute approximate surface area is 145 Å². The fourth-order valence-corrected chi connectivity index (χ4v) is 3.74. The van der Waals surface area contributed by atoms with Gasteiger partial charge in [-0.2, -0.15) is 0 Å². The third-order valence-corrected chi connectivity index (χ3v) is 4.70. The molecule has 4 nitrogen and oxygen atoms in total. The topological polar surface area (TPSA) is 58.4 Å². The van der Waals surface area contributed by atoms with Gasteiger partial charge in [0.2, 0.25) is 5.91 Å². The molecule has 22 heavy (non-hydrogen) atoms. The van der Waals surface area contributed by atoms with Crippen molar-refractivity contribution in [3.05, 3.63) is 27.2 Å². The smallest absolute Gasteiger partial charge is 0.238 e. The summed E-state index contributed by atoms with van der Waals surface area (Å²) >= 11 is 18.0. The minimum atomic E-state index is -0.154. The van der Waals surface area contributed by atoms with Crippen LogP contribution in [0.2, 0.25) is 15.1 Å². The van der Waals surface area contributed by atoms with Gasteiger partial charge in [0.25, 0.3) is 0 Å². The van der Waals surface area contributed by atoms with Gasteiger partial charge in [0.15, 0.2) is 0 Å². The Balaban J connectivity index is 2.03. The van der Waals surface area contributed by atoms with Crippen molar-refractivity contribution in [1.29, 1.82) is 0 Å². The first-order chi connectivity index (χ1) is 10.4. The van der Waals surface area contributed by atoms with Crippen LogP contribution in [0.4, 0.5) is 5.69 Å². The molecule has 1 amide bonds. The lowest BCUT2D eigenvalue weighted by Crippen LogP contribution is -2.51. The van der Waals surface area contributed by atoms with Gasteiger partial charge in [-0.3, -0.25) is 9.69 Å². The number of carbonyl (C=O) groups is 1. The summed E-state index contributed by atoms with van der Waals surface area (Å²) in [5.41, 5.74) is 6.42. The van der Waals surface area contributed by atoms with E-state index in [1.165, 1.54) is 0 Å². The van der Waals surface area contributed by atoms with Crippen molar-refractivity contribution in [2.75, 3.05) is 18.4 Å². The highest BCUT2D eigenvalue weighted by Crippen LogP contribution is 2.33. The lowest BCUT2D eigenvalue weighted by Gasteiger charge is -2.37. The number of nitrogens with one attached hydrogen (secondary N) is 1. The SMILES string of the molecule is CC(N)C1CCCCN1CC(=O)Nc1c(Cl)cc(Cl)cc1Cl. The number of piperidine rings is 1. The lowest BCUT2D eigenvalue weighted by molar-refractivity contribution is -0.118. The van der Waals surface area contributed by atoms with Crippen molar-refractivity contribution < 1.29 is 4.79 Å². The Hall–Kier alpha value is -0.520. The minimum Gasteiger partial charge on any atom is -0.327 e. The van der Waals surface area contributed by atoms with E-state index in [2.05, 4.69) is 10.2 Å². The van der Waals surface area contributed by atoms with E-state index in [4.69, 9.17) is 40.5 Å². The van der Waals surface area contributed by atoms with Crippen LogP contribution in [0.5, 0.6) is 0 Å². The number of amides is 1. The van der Waals surface area contributed by atoms with E-state index in [1.807, 2.05) is 6.92 Å². The predicted molar refractivity (Wildman–Crippen MR) is 93.0 cm³/mol. The molecule has 0 spiro atoms. The summed E-state index contributed by atoms with van der Waals surface area (Å²) in [4.78, 5) is 14.4. The molecular formula is C15H20Cl3N3O. The number of hydrogen-bond acceptors (Lipinski definition) is 3. The number of rotatable bonds is 4. The quantitative estimate of drug-likeness (QED) is 0.854. The summed E-state index contributed by atoms with van der Waals surface area (Å²) in [6, 6.07) is 3.37. The van der Waals surface area contributed by atoms with Crippen molar-refractivity contribution in [2.24, 2.45) is 5.73 Å². The molecule has 0 aromatic heterocycles. The zero-order valence-electron chi connectivity index (χ0n) is 12.4. The van der Waals surface area contributed by atoms with Crippen LogP contribution in [0.15, 0.2) is 12.1 Å². The fraction of sp³-hybridized carbons (Fsp3) is 0.533. The van der Waals surface area contributed by atoms with Gasteiger partial charge in [0, 0.05) is 17.1 Å². The van der Waals surface area contributed by atoms with Gasteiger partial charge >= 0.3 is 0 Å². The van der Waals surface area contributed by atoms with Gasteiger partial charge in [-0.1, -0.05) is 41.2 Å². The molecule has 1 aliphatic rings. The highest BCUT2D eigenvalue weighted by molar-refractivity contribution is 6.42. The lowest BCUT2D eigenvalue weighted by atomic mass is 9.97. The number of anilines is 1. The van der Waals surface area contributed by atoms with E-state index in [1.54, 1.807) is 12.1 Å². The predicted octanol–water partition coefficient (Wildman–Crippen LogP) is 3.79. The van der Waals surface area contributed by atoms with E-state index in [-0.39, 0.29) is 24.5 Å². The number of nitrogens with zero attached hydrogens (tertiary/aromatic N) is 1. The Morgan fingerprint density at radius 1 is 1.36 bits per heavy atom. The van der Waals surface area contributed by atoms with Crippen molar-refractivity contribution >= 4 is 46.4 Å². The average Bonchev–Trinajstić information content (AvgIpc) is 2.43. The molecule has 122 valence electrons. The number of likely N-dealkylation sites (tertiary alicyclic amines) is 1. The van der Waals surface area contributed by atoms with Gasteiger partial charge in [-0.15, -0.1) is 0 Å². The second-order valence-corrected chi connectivity index (χ2v) is 6.94. The first kappa shape index (κ1) is 17.8. The van der Waals surface area contributed by atoms with Crippen LogP contribution in [-0.4, -0.2) is 36.0 Å². The summed E-state index contributed by atoms with van der Waals surface area (Å²) < 4.78 is 0. The summed E-state index contributed by atoms with van der Waals surface area (Å²) in [5.74, 6) is -0.154. The van der Waals surface area contributed by atoms with Crippen molar-refractivity contribution in [1.82, 2.24) is 4.90 Å². The van der Waals surface area contributed by atoms with Crippen molar-refractivity contribution in [2.45, 2.75) is 38.3 Å². The molecule has 2 atom stereocenters. The third-order valence-electron chi connectivity index (χ3n) is 3.89. The second kappa shape index (κ2) is 7.84. The van der Waals surface area contributed by atoms with E-state index < -0.39 is 0 Å². The molecule has 3 N–H and O–H groups in total. The summed E-state index contributed by atoms with van der Waals surface area (Å²) in [7, 11) is 0. The first-order valence-electron chi connectivity index (χ1n) is 7.32. The maximum absolute atomic E-state index is 12.3. The average molecular weight is 365 g/mol. The number of hydrogen-bond donors (Lipinski definition) is 2. The van der Waals surface area contributed by atoms with Gasteiger partial charge < -0.3 is 11.1 Å². The maximum Gasteiger partial charge on any atom is 0.238 e. The van der Waals surface area contributed by atoms with Gasteiger partial charge in [0.1, 0.15) is 0 Å². The first-order valence-corrected chi connectivity index (χ1v) is 8.46. The van der Waals surface area contributed by atoms with Crippen LogP contribution in [0.3, 0.4) is 0 Å². The van der Waals surface area contributed by atoms with Crippen LogP contribution in [0.1, 0.15) is 26.2 Å². The van der Waals surface area contributed by atoms with Crippen molar-refractivity contribution in [3.63, 3.8) is 0 Å². The number of nitrogens with two attached hydrogens (primary N) is 1. The standard InChI is InChI=1S/C15H20Cl3N3O/c1-9(19)13-4-2-3-5-21(13)8-14(22)20-15-11(17)6-10(16)7-12(15)18/h6-7,9,13H,2-5,8,19H2,1H3,(H,20,22). The molecule has 1 saturated heterocycles. The molecule has 7 heteroatoms. The zero-order chi connectivity index (χ0) is 16.3. The molecule has 2 rings (SSSR count). The summed E-state index contributed by atoms with van der Waals surface area (Å²) in [5, 5.41) is 3.85. The Morgan fingerprint density at radius 2 is 2.00 bits per heavy atom. The molecule has 1 aromatic carbocycles. The second-order valence-electron chi connectivity index (χ2n) is 5.69. The minimum absolute atomic E-state index is 0.0378. The number of carbonyl (C=O) groups excluding carboxylic acids is 1. The molecule has 1 aliphatic heterocycles. The van der Waals surface area contributed by atoms with E-state index in [0.717, 1.165) is 25.8 Å². The van der Waals surface area contributed by atoms with Crippen LogP contribution in [0, 0.1) is 0 Å². The van der Waals surface area contributed by atoms with Crippen LogP contribution in [-0.2, 0) is 4.79 Å². The Kier molecular flexibility index (Phi) is 6.36. The molecule has 1 fully saturated rings. The molecular weight excluding hydrogens is 345 g/mol. The molecule has 1 aromatic rings. The largest absolute Gasteiger partial charge is 0.327 e. The Bertz CT molecular complexity index is 528. The normalized spacial score (nSPS) is 20.7.